The van der Waals surface area contributed by atoms with Crippen LogP contribution >= 0.6 is 0 Å². The molecule has 11 heteroatoms. The summed E-state index contributed by atoms with van der Waals surface area (Å²) >= 11 is 0. The number of phenols is 1. The molecule has 0 aliphatic carbocycles. The van der Waals surface area contributed by atoms with Gasteiger partial charge >= 0.3 is 0 Å². The Morgan fingerprint density at radius 1 is 1.00 bits per heavy atom. The quantitative estimate of drug-likeness (QED) is 0.523. The third-order valence-corrected chi connectivity index (χ3v) is 6.29. The highest BCUT2D eigenvalue weighted by atomic mass is 16.8. The maximum Gasteiger partial charge on any atom is 0.273 e. The number of hydrogen-bond acceptors (Lipinski definition) is 9. The molecule has 194 valence electrons. The molecule has 5 rings (SSSR count). The zero-order valence-corrected chi connectivity index (χ0v) is 20.5. The lowest BCUT2D eigenvalue weighted by molar-refractivity contribution is -0.235. The lowest BCUT2D eigenvalue weighted by Crippen LogP contribution is -2.47. The summed E-state index contributed by atoms with van der Waals surface area (Å²) in [5.41, 5.74) is 4.65. The van der Waals surface area contributed by atoms with Gasteiger partial charge in [0.25, 0.3) is 11.8 Å². The molecular weight excluding hydrogens is 472 g/mol. The summed E-state index contributed by atoms with van der Waals surface area (Å²) in [6.07, 6.45) is -2.96. The van der Waals surface area contributed by atoms with E-state index in [0.717, 1.165) is 5.39 Å². The van der Waals surface area contributed by atoms with Crippen LogP contribution in [0.1, 0.15) is 38.1 Å². The minimum Gasteiger partial charge on any atom is -0.506 e. The van der Waals surface area contributed by atoms with E-state index in [-0.39, 0.29) is 17.9 Å². The van der Waals surface area contributed by atoms with Gasteiger partial charge < -0.3 is 33.5 Å². The van der Waals surface area contributed by atoms with Crippen molar-refractivity contribution in [1.29, 1.82) is 0 Å². The van der Waals surface area contributed by atoms with Crippen molar-refractivity contribution in [3.63, 3.8) is 0 Å². The van der Waals surface area contributed by atoms with Gasteiger partial charge in [-0.2, -0.15) is 0 Å². The van der Waals surface area contributed by atoms with Crippen LogP contribution in [0.2, 0.25) is 0 Å². The highest BCUT2D eigenvalue weighted by Crippen LogP contribution is 2.41. The molecule has 0 spiro atoms. The zero-order chi connectivity index (χ0) is 25.7. The maximum absolute atomic E-state index is 12.6. The van der Waals surface area contributed by atoms with Crippen molar-refractivity contribution in [3.8, 4) is 5.75 Å². The number of ether oxygens (including phenoxy) is 6. The molecule has 2 aromatic carbocycles. The monoisotopic (exact) mass is 502 g/mol. The van der Waals surface area contributed by atoms with E-state index in [1.54, 1.807) is 45.9 Å². The molecule has 36 heavy (non-hydrogen) atoms. The Hall–Kier alpha value is -2.80. The number of carbonyl (C=O) groups is 2. The number of aromatic hydroxyl groups is 1. The van der Waals surface area contributed by atoms with E-state index in [1.807, 2.05) is 12.1 Å². The standard InChI is InChI=1S/C25H30N2O9/c1-24(2)32-11-16(34-24)19-20(21-23(33-19)36-25(3,4)35-21)31-12-17(28)26-27-22(30)15-10-9-13-7-5-6-8-14(13)18(15)29/h5-10,16,19-21,23,29H,11-12H2,1-4H3,(H,26,28)(H,27,30)/t16-,19+,20-,21+,23+/m0/s1. The summed E-state index contributed by atoms with van der Waals surface area (Å²) in [4.78, 5) is 25.1. The van der Waals surface area contributed by atoms with Gasteiger partial charge in [0.2, 0.25) is 0 Å². The maximum atomic E-state index is 12.6. The van der Waals surface area contributed by atoms with Gasteiger partial charge in [-0.1, -0.05) is 30.3 Å². The summed E-state index contributed by atoms with van der Waals surface area (Å²) in [5, 5.41) is 11.8. The molecule has 2 amide bonds. The summed E-state index contributed by atoms with van der Waals surface area (Å²) < 4.78 is 35.3. The van der Waals surface area contributed by atoms with Gasteiger partial charge in [0.05, 0.1) is 12.2 Å². The Balaban J connectivity index is 1.20. The van der Waals surface area contributed by atoms with Crippen LogP contribution in [0.4, 0.5) is 0 Å². The van der Waals surface area contributed by atoms with E-state index < -0.39 is 60.7 Å². The summed E-state index contributed by atoms with van der Waals surface area (Å²) in [5.74, 6) is -3.08. The number of nitrogens with one attached hydrogen (secondary N) is 2. The smallest absolute Gasteiger partial charge is 0.273 e. The lowest BCUT2D eigenvalue weighted by atomic mass is 10.1. The van der Waals surface area contributed by atoms with Gasteiger partial charge in [-0.05, 0) is 39.1 Å². The first kappa shape index (κ1) is 24.9. The third kappa shape index (κ3) is 4.90. The highest BCUT2D eigenvalue weighted by Gasteiger charge is 2.59. The first-order chi connectivity index (χ1) is 17.0. The Morgan fingerprint density at radius 3 is 2.53 bits per heavy atom. The lowest BCUT2D eigenvalue weighted by Gasteiger charge is -2.28. The predicted molar refractivity (Wildman–Crippen MR) is 125 cm³/mol. The molecule has 0 aromatic heterocycles. The molecule has 3 fully saturated rings. The first-order valence-corrected chi connectivity index (χ1v) is 11.8. The van der Waals surface area contributed by atoms with Crippen molar-refractivity contribution in [1.82, 2.24) is 10.9 Å². The number of hydrogen-bond donors (Lipinski definition) is 3. The topological polar surface area (TPSA) is 134 Å². The molecule has 0 bridgehead atoms. The molecular formula is C25H30N2O9. The van der Waals surface area contributed by atoms with Crippen LogP contribution in [-0.2, 0) is 33.2 Å². The van der Waals surface area contributed by atoms with E-state index >= 15 is 0 Å². The van der Waals surface area contributed by atoms with E-state index in [2.05, 4.69) is 10.9 Å². The number of amides is 2. The first-order valence-electron chi connectivity index (χ1n) is 11.8. The molecule has 0 saturated carbocycles. The van der Waals surface area contributed by atoms with Crippen LogP contribution in [0.25, 0.3) is 10.8 Å². The van der Waals surface area contributed by atoms with E-state index in [0.29, 0.717) is 5.39 Å². The molecule has 2 aromatic rings. The Morgan fingerprint density at radius 2 is 1.78 bits per heavy atom. The third-order valence-electron chi connectivity index (χ3n) is 6.29. The second kappa shape index (κ2) is 9.25. The van der Waals surface area contributed by atoms with Crippen molar-refractivity contribution in [2.75, 3.05) is 13.2 Å². The molecule has 11 nitrogen and oxygen atoms in total. The van der Waals surface area contributed by atoms with E-state index in [1.165, 1.54) is 6.07 Å². The average Bonchev–Trinajstić information content (AvgIpc) is 3.44. The Kier molecular flexibility index (Phi) is 6.39. The molecule has 0 unspecified atom stereocenters. The SMILES string of the molecule is CC1(C)O[C@H]2O[C@H]([C@@H]3COC(C)(C)O3)[C@H](OCC(=O)NNC(=O)c3ccc4ccccc4c3O)[C@H]2O1. The fourth-order valence-electron chi connectivity index (χ4n) is 4.71. The molecule has 0 radical (unpaired) electrons. The van der Waals surface area contributed by atoms with Gasteiger partial charge in [-0.25, -0.2) is 0 Å². The fraction of sp³-hybridized carbons (Fsp3) is 0.520. The minimum atomic E-state index is -0.869. The largest absolute Gasteiger partial charge is 0.506 e. The van der Waals surface area contributed by atoms with Crippen LogP contribution < -0.4 is 10.9 Å². The number of fused-ring (bicyclic) bond motifs is 2. The van der Waals surface area contributed by atoms with Crippen LogP contribution in [0.5, 0.6) is 5.75 Å². The second-order valence-electron chi connectivity index (χ2n) is 9.90. The number of rotatable bonds is 5. The zero-order valence-electron chi connectivity index (χ0n) is 20.5. The summed E-state index contributed by atoms with van der Waals surface area (Å²) in [7, 11) is 0. The highest BCUT2D eigenvalue weighted by molar-refractivity contribution is 6.04. The van der Waals surface area contributed by atoms with Crippen LogP contribution in [0.3, 0.4) is 0 Å². The molecule has 3 saturated heterocycles. The van der Waals surface area contributed by atoms with Gasteiger partial charge in [0.1, 0.15) is 36.8 Å². The van der Waals surface area contributed by atoms with E-state index in [9.17, 15) is 14.7 Å². The normalized spacial score (nSPS) is 30.3. The summed E-state index contributed by atoms with van der Waals surface area (Å²) in [6.45, 7) is 7.04. The molecule has 5 atom stereocenters. The van der Waals surface area contributed by atoms with Gasteiger partial charge in [0.15, 0.2) is 17.9 Å². The average molecular weight is 503 g/mol. The van der Waals surface area contributed by atoms with Crippen molar-refractivity contribution in [2.45, 2.75) is 70.0 Å². The van der Waals surface area contributed by atoms with E-state index in [4.69, 9.17) is 28.4 Å². The van der Waals surface area contributed by atoms with Crippen LogP contribution in [0, 0.1) is 0 Å². The molecule has 3 aliphatic heterocycles. The van der Waals surface area contributed by atoms with Crippen molar-refractivity contribution in [3.05, 3.63) is 42.0 Å². The predicted octanol–water partition coefficient (Wildman–Crippen LogP) is 1.72. The minimum absolute atomic E-state index is 0.0294. The molecule has 3 heterocycles. The van der Waals surface area contributed by atoms with Gasteiger partial charge in [-0.3, -0.25) is 20.4 Å². The number of benzene rings is 2. The van der Waals surface area contributed by atoms with Crippen molar-refractivity contribution < 1.29 is 43.1 Å². The Labute approximate surface area is 207 Å². The van der Waals surface area contributed by atoms with Crippen molar-refractivity contribution in [2.24, 2.45) is 0 Å². The second-order valence-corrected chi connectivity index (χ2v) is 9.90. The van der Waals surface area contributed by atoms with Gasteiger partial charge in [-0.15, -0.1) is 0 Å². The fourth-order valence-corrected chi connectivity index (χ4v) is 4.71. The van der Waals surface area contributed by atoms with Crippen molar-refractivity contribution >= 4 is 22.6 Å². The van der Waals surface area contributed by atoms with Crippen LogP contribution in [-0.4, -0.2) is 72.4 Å². The number of hydrazine groups is 1. The number of carbonyl (C=O) groups excluding carboxylic acids is 2. The summed E-state index contributed by atoms with van der Waals surface area (Å²) in [6, 6.07) is 10.3. The Bertz CT molecular complexity index is 1170. The number of phenolic OH excluding ortho intramolecular Hbond substituents is 1. The van der Waals surface area contributed by atoms with Crippen LogP contribution in [0.15, 0.2) is 36.4 Å². The van der Waals surface area contributed by atoms with Gasteiger partial charge in [0, 0.05) is 5.39 Å². The molecule has 3 aliphatic rings. The molecule has 3 N–H and O–H groups in total.